The van der Waals surface area contributed by atoms with E-state index in [2.05, 4.69) is 0 Å². The number of aliphatic hydroxyl groups excluding tert-OH is 2. The Labute approximate surface area is 294 Å². The van der Waals surface area contributed by atoms with Crippen LogP contribution in [0, 0.1) is 0 Å². The van der Waals surface area contributed by atoms with Gasteiger partial charge in [-0.15, -0.1) is 0 Å². The van der Waals surface area contributed by atoms with Gasteiger partial charge in [-0.05, 0) is 70.8 Å². The number of fused-ring (bicyclic) bond motifs is 1. The Morgan fingerprint density at radius 1 is 0.712 bits per heavy atom. The molecule has 0 saturated carbocycles. The lowest BCUT2D eigenvalue weighted by Crippen LogP contribution is -2.35. The summed E-state index contributed by atoms with van der Waals surface area (Å²) in [6.45, 7) is -0.829. The first-order chi connectivity index (χ1) is 24.7. The lowest BCUT2D eigenvalue weighted by Gasteiger charge is -2.24. The summed E-state index contributed by atoms with van der Waals surface area (Å²) in [5.74, 6) is -6.99. The Bertz CT molecular complexity index is 1970. The number of hydrogen-bond donors (Lipinski definition) is 10. The molecule has 0 amide bonds. The van der Waals surface area contributed by atoms with Crippen LogP contribution in [0.15, 0.2) is 72.8 Å². The van der Waals surface area contributed by atoms with Gasteiger partial charge in [0.1, 0.15) is 18.8 Å². The predicted octanol–water partition coefficient (Wildman–Crippen LogP) is 2.40. The van der Waals surface area contributed by atoms with E-state index in [1.54, 1.807) is 0 Å². The van der Waals surface area contributed by atoms with Crippen molar-refractivity contribution in [1.29, 1.82) is 0 Å². The van der Waals surface area contributed by atoms with Crippen LogP contribution in [0.1, 0.15) is 39.8 Å². The maximum Gasteiger partial charge on any atom is 0.333 e. The van der Waals surface area contributed by atoms with Crippen molar-refractivity contribution in [2.24, 2.45) is 0 Å². The summed E-state index contributed by atoms with van der Waals surface area (Å²) < 4.78 is 22.0. The molecule has 0 aliphatic carbocycles. The van der Waals surface area contributed by atoms with Gasteiger partial charge >= 0.3 is 11.9 Å². The molecule has 16 nitrogen and oxygen atoms in total. The minimum Gasteiger partial charge on any atom is -0.504 e. The maximum absolute atomic E-state index is 14.0. The van der Waals surface area contributed by atoms with Crippen LogP contribution in [0.2, 0.25) is 0 Å². The number of hydrogen-bond acceptors (Lipinski definition) is 16. The van der Waals surface area contributed by atoms with Crippen molar-refractivity contribution < 1.29 is 79.6 Å². The number of ether oxygens (including phenoxy) is 4. The molecular weight excluding hydrogens is 688 g/mol. The predicted molar refractivity (Wildman–Crippen MR) is 176 cm³/mol. The second-order valence-corrected chi connectivity index (χ2v) is 11.6. The molecule has 274 valence electrons. The van der Waals surface area contributed by atoms with E-state index in [0.29, 0.717) is 5.56 Å². The van der Waals surface area contributed by atoms with Crippen molar-refractivity contribution in [2.75, 3.05) is 6.79 Å². The number of phenols is 7. The van der Waals surface area contributed by atoms with Crippen molar-refractivity contribution in [2.45, 2.75) is 43.5 Å². The Morgan fingerprint density at radius 2 is 1.29 bits per heavy atom. The molecule has 4 atom stereocenters. The Kier molecular flexibility index (Phi) is 11.2. The van der Waals surface area contributed by atoms with E-state index in [1.165, 1.54) is 48.5 Å². The summed E-state index contributed by atoms with van der Waals surface area (Å²) >= 11 is 0. The molecule has 0 aromatic heterocycles. The highest BCUT2D eigenvalue weighted by Crippen LogP contribution is 2.53. The second kappa shape index (κ2) is 15.8. The van der Waals surface area contributed by atoms with E-state index < -0.39 is 83.9 Å². The van der Waals surface area contributed by atoms with E-state index in [-0.39, 0.29) is 46.6 Å². The molecule has 1 aliphatic rings. The van der Waals surface area contributed by atoms with E-state index in [9.17, 15) is 60.7 Å². The van der Waals surface area contributed by atoms with Crippen molar-refractivity contribution in [3.8, 4) is 46.0 Å². The van der Waals surface area contributed by atoms with Gasteiger partial charge in [0.15, 0.2) is 58.4 Å². The number of carbonyl (C=O) groups is 2. The highest BCUT2D eigenvalue weighted by Gasteiger charge is 2.45. The first kappa shape index (κ1) is 37.1. The monoisotopic (exact) mass is 722 g/mol. The number of esters is 2. The number of rotatable bonds is 13. The van der Waals surface area contributed by atoms with E-state index in [0.717, 1.165) is 30.3 Å². The largest absolute Gasteiger partial charge is 0.504 e. The number of carbonyl (C=O) groups excluding carboxylic acids is 2. The molecule has 0 fully saturated rings. The molecule has 4 aromatic rings. The summed E-state index contributed by atoms with van der Waals surface area (Å²) in [4.78, 5) is 26.9. The minimum atomic E-state index is -2.23. The van der Waals surface area contributed by atoms with Crippen LogP contribution in [-0.2, 0) is 36.6 Å². The summed E-state index contributed by atoms with van der Waals surface area (Å²) in [6, 6.07) is 13.7. The number of benzene rings is 4. The fraction of sp³-hybridized carbons (Fsp3) is 0.222. The molecule has 0 saturated heterocycles. The lowest BCUT2D eigenvalue weighted by molar-refractivity contribution is -0.189. The van der Waals surface area contributed by atoms with Gasteiger partial charge < -0.3 is 70.0 Å². The maximum atomic E-state index is 14.0. The zero-order valence-electron chi connectivity index (χ0n) is 26.9. The average Bonchev–Trinajstić information content (AvgIpc) is 3.51. The van der Waals surface area contributed by atoms with Gasteiger partial charge in [0.25, 0.3) is 0 Å². The standard InChI is InChI=1S/C36H34O16/c37-16-49-30(14-18-2-7-22(39)26(43)12-18)51-29(45)10-5-19-3-9-24(41)34-31(19)32(33(52-34)20-4-8-23(40)27(44)15-20)36(48)50-28(35(46)47)13-17-1-6-21(38)25(42)11-17/h1-12,15,28,30,32-33,35,37-44,46-47H,13-14,16H2/b10-5+/t28-,30-,32-,33+/m0/s1. The molecule has 0 spiro atoms. The van der Waals surface area contributed by atoms with Gasteiger partial charge in [-0.1, -0.05) is 24.3 Å². The highest BCUT2D eigenvalue weighted by atomic mass is 16.7. The van der Waals surface area contributed by atoms with E-state index >= 15 is 0 Å². The lowest BCUT2D eigenvalue weighted by atomic mass is 9.87. The molecule has 4 aromatic carbocycles. The molecule has 10 N–H and O–H groups in total. The van der Waals surface area contributed by atoms with Crippen molar-refractivity contribution in [3.63, 3.8) is 0 Å². The molecular formula is C36H34O16. The molecule has 1 aliphatic heterocycles. The topological polar surface area (TPSA) is 273 Å². The summed E-state index contributed by atoms with van der Waals surface area (Å²) in [6.07, 6.45) is -4.81. The van der Waals surface area contributed by atoms with E-state index in [1.807, 2.05) is 0 Å². The highest BCUT2D eigenvalue weighted by molar-refractivity contribution is 5.90. The summed E-state index contributed by atoms with van der Waals surface area (Å²) in [5.41, 5.74) is 0.901. The van der Waals surface area contributed by atoms with Gasteiger partial charge in [-0.2, -0.15) is 0 Å². The quantitative estimate of drug-likeness (QED) is 0.0411. The molecule has 52 heavy (non-hydrogen) atoms. The van der Waals surface area contributed by atoms with Crippen LogP contribution in [0.4, 0.5) is 0 Å². The molecule has 5 rings (SSSR count). The summed E-state index contributed by atoms with van der Waals surface area (Å²) in [7, 11) is 0. The fourth-order valence-electron chi connectivity index (χ4n) is 5.55. The van der Waals surface area contributed by atoms with Gasteiger partial charge in [-0.25, -0.2) is 4.79 Å². The van der Waals surface area contributed by atoms with Crippen molar-refractivity contribution in [1.82, 2.24) is 0 Å². The first-order valence-electron chi connectivity index (χ1n) is 15.5. The zero-order valence-corrected chi connectivity index (χ0v) is 26.9. The molecule has 1 heterocycles. The van der Waals surface area contributed by atoms with Crippen molar-refractivity contribution in [3.05, 3.63) is 101 Å². The van der Waals surface area contributed by atoms with Gasteiger partial charge in [-0.3, -0.25) is 4.79 Å². The third kappa shape index (κ3) is 8.39. The van der Waals surface area contributed by atoms with E-state index in [4.69, 9.17) is 18.9 Å². The fourth-order valence-corrected chi connectivity index (χ4v) is 5.55. The Balaban J connectivity index is 1.46. The number of aromatic hydroxyl groups is 7. The smallest absolute Gasteiger partial charge is 0.333 e. The number of aliphatic hydroxyl groups is 3. The molecule has 0 unspecified atom stereocenters. The van der Waals surface area contributed by atoms with Crippen molar-refractivity contribution >= 4 is 18.0 Å². The SMILES string of the molecule is O=C(/C=C/c1ccc(O)c2c1[C@H](C(=O)O[C@@H](Cc1ccc(O)c(O)c1)C(O)O)[C@@H](c1ccc(O)c(O)c1)O2)O[C@@H](Cc1ccc(O)c(O)c1)OCO. The molecule has 0 bridgehead atoms. The van der Waals surface area contributed by atoms with Crippen LogP contribution < -0.4 is 4.74 Å². The average molecular weight is 723 g/mol. The van der Waals surface area contributed by atoms with Crippen LogP contribution in [0.25, 0.3) is 6.08 Å². The van der Waals surface area contributed by atoms with Crippen LogP contribution in [0.5, 0.6) is 46.0 Å². The summed E-state index contributed by atoms with van der Waals surface area (Å²) in [5, 5.41) is 99.4. The van der Waals surface area contributed by atoms with Crippen LogP contribution >= 0.6 is 0 Å². The van der Waals surface area contributed by atoms with Gasteiger partial charge in [0.05, 0.1) is 0 Å². The van der Waals surface area contributed by atoms with Gasteiger partial charge in [0.2, 0.25) is 6.29 Å². The Hall–Kier alpha value is -6.20. The first-order valence-corrected chi connectivity index (χ1v) is 15.5. The third-order valence-electron chi connectivity index (χ3n) is 8.08. The normalized spacial score (nSPS) is 16.3. The van der Waals surface area contributed by atoms with Crippen LogP contribution in [-0.4, -0.2) is 88.5 Å². The third-order valence-corrected chi connectivity index (χ3v) is 8.08. The Morgan fingerprint density at radius 3 is 1.87 bits per heavy atom. The number of phenolic OH excluding ortho intramolecular Hbond substituents is 7. The minimum absolute atomic E-state index is 0.0113. The molecule has 0 radical (unpaired) electrons. The zero-order chi connectivity index (χ0) is 37.7. The van der Waals surface area contributed by atoms with Crippen LogP contribution in [0.3, 0.4) is 0 Å². The second-order valence-electron chi connectivity index (χ2n) is 11.6. The molecule has 16 heteroatoms. The van der Waals surface area contributed by atoms with Gasteiger partial charge in [0, 0.05) is 24.5 Å².